The standard InChI is InChI=1S/C18H20ClNO3S2/c1-4-23-18(22)16-11(2)12(3)25-17(16)20-15(21)9-10-24-14-8-6-5-7-13(14)19/h5-8H,4,9-10H2,1-3H3,(H,20,21). The molecule has 1 N–H and O–H groups in total. The molecule has 7 heteroatoms. The van der Waals surface area contributed by atoms with E-state index in [1.54, 1.807) is 6.92 Å². The fourth-order valence-corrected chi connectivity index (χ4v) is 4.42. The summed E-state index contributed by atoms with van der Waals surface area (Å²) in [4.78, 5) is 26.3. The van der Waals surface area contributed by atoms with Gasteiger partial charge in [-0.15, -0.1) is 23.1 Å². The summed E-state index contributed by atoms with van der Waals surface area (Å²) in [5, 5.41) is 4.08. The fourth-order valence-electron chi connectivity index (χ4n) is 2.17. The first kappa shape index (κ1) is 19.8. The van der Waals surface area contributed by atoms with Gasteiger partial charge in [0.2, 0.25) is 5.91 Å². The molecule has 0 saturated carbocycles. The summed E-state index contributed by atoms with van der Waals surface area (Å²) < 4.78 is 5.09. The fraction of sp³-hybridized carbons (Fsp3) is 0.333. The molecule has 0 aliphatic rings. The van der Waals surface area contributed by atoms with E-state index in [1.807, 2.05) is 38.1 Å². The number of thiophene rings is 1. The summed E-state index contributed by atoms with van der Waals surface area (Å²) in [5.41, 5.74) is 1.31. The zero-order valence-electron chi connectivity index (χ0n) is 14.3. The predicted octanol–water partition coefficient (Wildman–Crippen LogP) is 5.32. The van der Waals surface area contributed by atoms with E-state index in [1.165, 1.54) is 23.1 Å². The monoisotopic (exact) mass is 397 g/mol. The second-order valence-electron chi connectivity index (χ2n) is 5.28. The lowest BCUT2D eigenvalue weighted by atomic mass is 10.1. The molecule has 0 saturated heterocycles. The average molecular weight is 398 g/mol. The van der Waals surface area contributed by atoms with E-state index in [-0.39, 0.29) is 5.91 Å². The third-order valence-corrected chi connectivity index (χ3v) is 6.18. The lowest BCUT2D eigenvalue weighted by molar-refractivity contribution is -0.115. The minimum absolute atomic E-state index is 0.133. The number of carbonyl (C=O) groups is 2. The molecule has 1 aromatic carbocycles. The van der Waals surface area contributed by atoms with Crippen molar-refractivity contribution in [2.45, 2.75) is 32.1 Å². The number of rotatable bonds is 7. The van der Waals surface area contributed by atoms with Crippen LogP contribution in [-0.4, -0.2) is 24.2 Å². The predicted molar refractivity (Wildman–Crippen MR) is 105 cm³/mol. The van der Waals surface area contributed by atoms with Crippen molar-refractivity contribution < 1.29 is 14.3 Å². The van der Waals surface area contributed by atoms with E-state index < -0.39 is 5.97 Å². The van der Waals surface area contributed by atoms with Crippen LogP contribution in [0, 0.1) is 13.8 Å². The Bertz CT molecular complexity index is 774. The zero-order chi connectivity index (χ0) is 18.4. The van der Waals surface area contributed by atoms with Crippen LogP contribution in [0.15, 0.2) is 29.2 Å². The van der Waals surface area contributed by atoms with Crippen molar-refractivity contribution in [2.24, 2.45) is 0 Å². The van der Waals surface area contributed by atoms with Crippen molar-refractivity contribution in [1.82, 2.24) is 0 Å². The van der Waals surface area contributed by atoms with Crippen molar-refractivity contribution in [3.05, 3.63) is 45.3 Å². The molecule has 0 fully saturated rings. The van der Waals surface area contributed by atoms with Crippen LogP contribution in [0.2, 0.25) is 5.02 Å². The van der Waals surface area contributed by atoms with Crippen molar-refractivity contribution in [1.29, 1.82) is 0 Å². The molecule has 1 heterocycles. The lowest BCUT2D eigenvalue weighted by Crippen LogP contribution is -2.15. The van der Waals surface area contributed by atoms with Gasteiger partial charge in [0.25, 0.3) is 0 Å². The quantitative estimate of drug-likeness (QED) is 0.507. The van der Waals surface area contributed by atoms with Gasteiger partial charge in [-0.2, -0.15) is 0 Å². The van der Waals surface area contributed by atoms with Gasteiger partial charge in [0.1, 0.15) is 5.00 Å². The van der Waals surface area contributed by atoms with Crippen LogP contribution in [0.1, 0.15) is 34.1 Å². The molecule has 2 rings (SSSR count). The van der Waals surface area contributed by atoms with Gasteiger partial charge in [0.15, 0.2) is 0 Å². The van der Waals surface area contributed by atoms with E-state index in [4.69, 9.17) is 16.3 Å². The number of benzene rings is 1. The molecule has 25 heavy (non-hydrogen) atoms. The topological polar surface area (TPSA) is 55.4 Å². The summed E-state index contributed by atoms with van der Waals surface area (Å²) in [6, 6.07) is 7.54. The lowest BCUT2D eigenvalue weighted by Gasteiger charge is -2.07. The van der Waals surface area contributed by atoms with Crippen molar-refractivity contribution in [2.75, 3.05) is 17.7 Å². The number of amides is 1. The first-order chi connectivity index (χ1) is 11.9. The molecule has 0 atom stereocenters. The van der Waals surface area contributed by atoms with Gasteiger partial charge in [-0.1, -0.05) is 23.7 Å². The Kier molecular flexibility index (Phi) is 7.35. The largest absolute Gasteiger partial charge is 0.462 e. The summed E-state index contributed by atoms with van der Waals surface area (Å²) in [6.45, 7) is 5.85. The summed E-state index contributed by atoms with van der Waals surface area (Å²) in [6.07, 6.45) is 0.328. The maximum atomic E-state index is 12.2. The van der Waals surface area contributed by atoms with Crippen molar-refractivity contribution in [3.8, 4) is 0 Å². The minimum atomic E-state index is -0.398. The summed E-state index contributed by atoms with van der Waals surface area (Å²) in [5.74, 6) is 0.0737. The van der Waals surface area contributed by atoms with Gasteiger partial charge in [0, 0.05) is 21.9 Å². The summed E-state index contributed by atoms with van der Waals surface area (Å²) in [7, 11) is 0. The number of carbonyl (C=O) groups excluding carboxylic acids is 2. The molecule has 0 aliphatic carbocycles. The number of halogens is 1. The SMILES string of the molecule is CCOC(=O)c1c(NC(=O)CCSc2ccccc2Cl)sc(C)c1C. The molecule has 0 spiro atoms. The highest BCUT2D eigenvalue weighted by Gasteiger charge is 2.21. The highest BCUT2D eigenvalue weighted by molar-refractivity contribution is 7.99. The van der Waals surface area contributed by atoms with Gasteiger partial charge in [-0.05, 0) is 38.5 Å². The molecule has 0 radical (unpaired) electrons. The van der Waals surface area contributed by atoms with Gasteiger partial charge in [-0.25, -0.2) is 4.79 Å². The van der Waals surface area contributed by atoms with Crippen LogP contribution in [0.25, 0.3) is 0 Å². The summed E-state index contributed by atoms with van der Waals surface area (Å²) >= 11 is 9.03. The highest BCUT2D eigenvalue weighted by atomic mass is 35.5. The Balaban J connectivity index is 1.97. The molecule has 0 bridgehead atoms. The first-order valence-electron chi connectivity index (χ1n) is 7.88. The number of nitrogens with one attached hydrogen (secondary N) is 1. The Morgan fingerprint density at radius 2 is 2.00 bits per heavy atom. The van der Waals surface area contributed by atoms with Gasteiger partial charge in [0.05, 0.1) is 17.2 Å². The van der Waals surface area contributed by atoms with Crippen LogP contribution >= 0.6 is 34.7 Å². The van der Waals surface area contributed by atoms with E-state index in [0.29, 0.717) is 34.4 Å². The number of ether oxygens (including phenoxy) is 1. The third kappa shape index (κ3) is 5.23. The maximum Gasteiger partial charge on any atom is 0.341 e. The highest BCUT2D eigenvalue weighted by Crippen LogP contribution is 2.33. The van der Waals surface area contributed by atoms with Gasteiger partial charge in [-0.3, -0.25) is 4.79 Å². The molecule has 1 aromatic heterocycles. The van der Waals surface area contributed by atoms with E-state index >= 15 is 0 Å². The van der Waals surface area contributed by atoms with Crippen molar-refractivity contribution >= 4 is 51.6 Å². The van der Waals surface area contributed by atoms with E-state index in [9.17, 15) is 9.59 Å². The van der Waals surface area contributed by atoms with Gasteiger partial charge >= 0.3 is 5.97 Å². The van der Waals surface area contributed by atoms with E-state index in [0.717, 1.165) is 15.3 Å². The molecule has 1 amide bonds. The van der Waals surface area contributed by atoms with Gasteiger partial charge < -0.3 is 10.1 Å². The number of hydrogen-bond acceptors (Lipinski definition) is 5. The Hall–Kier alpha value is -1.50. The van der Waals surface area contributed by atoms with Crippen LogP contribution in [0.5, 0.6) is 0 Å². The smallest absolute Gasteiger partial charge is 0.341 e. The number of thioether (sulfide) groups is 1. The van der Waals surface area contributed by atoms with Crippen LogP contribution in [-0.2, 0) is 9.53 Å². The van der Waals surface area contributed by atoms with E-state index in [2.05, 4.69) is 5.32 Å². The molecular weight excluding hydrogens is 378 g/mol. The Labute approximate surface area is 160 Å². The average Bonchev–Trinajstić information content (AvgIpc) is 2.83. The molecule has 2 aromatic rings. The maximum absolute atomic E-state index is 12.2. The normalized spacial score (nSPS) is 10.6. The number of anilines is 1. The molecule has 0 aliphatic heterocycles. The Morgan fingerprint density at radius 3 is 2.68 bits per heavy atom. The molecular formula is C18H20ClNO3S2. The first-order valence-corrected chi connectivity index (χ1v) is 10.1. The Morgan fingerprint density at radius 1 is 1.28 bits per heavy atom. The minimum Gasteiger partial charge on any atom is -0.462 e. The number of esters is 1. The molecule has 4 nitrogen and oxygen atoms in total. The second-order valence-corrected chi connectivity index (χ2v) is 8.05. The van der Waals surface area contributed by atoms with Crippen LogP contribution < -0.4 is 5.32 Å². The zero-order valence-corrected chi connectivity index (χ0v) is 16.7. The molecule has 134 valence electrons. The second kappa shape index (κ2) is 9.27. The van der Waals surface area contributed by atoms with Crippen LogP contribution in [0.3, 0.4) is 0 Å². The third-order valence-electron chi connectivity index (χ3n) is 3.54. The molecule has 0 unspecified atom stereocenters. The van der Waals surface area contributed by atoms with Crippen molar-refractivity contribution in [3.63, 3.8) is 0 Å². The van der Waals surface area contributed by atoms with Crippen LogP contribution in [0.4, 0.5) is 5.00 Å². The number of aryl methyl sites for hydroxylation is 1. The number of hydrogen-bond donors (Lipinski definition) is 1.